The Hall–Kier alpha value is -3.68. The molecular formula is C26H30N4O4. The first-order valence-corrected chi connectivity index (χ1v) is 11.7. The Kier molecular flexibility index (Phi) is 7.91. The van der Waals surface area contributed by atoms with Gasteiger partial charge in [0.2, 0.25) is 5.91 Å². The van der Waals surface area contributed by atoms with Gasteiger partial charge in [-0.25, -0.2) is 0 Å². The maximum absolute atomic E-state index is 12.6. The molecule has 0 spiro atoms. The van der Waals surface area contributed by atoms with Crippen LogP contribution in [0.3, 0.4) is 0 Å². The van der Waals surface area contributed by atoms with Gasteiger partial charge in [0.1, 0.15) is 12.3 Å². The molecule has 0 bridgehead atoms. The monoisotopic (exact) mass is 462 g/mol. The Morgan fingerprint density at radius 2 is 1.85 bits per heavy atom. The number of carbonyl (C=O) groups excluding carboxylic acids is 1. The van der Waals surface area contributed by atoms with E-state index in [0.29, 0.717) is 29.5 Å². The summed E-state index contributed by atoms with van der Waals surface area (Å²) in [5, 5.41) is 11.3. The smallest absolute Gasteiger partial charge is 0.273 e. The van der Waals surface area contributed by atoms with E-state index < -0.39 is 0 Å². The summed E-state index contributed by atoms with van der Waals surface area (Å²) in [6.07, 6.45) is 6.07. The van der Waals surface area contributed by atoms with E-state index in [-0.39, 0.29) is 36.0 Å². The van der Waals surface area contributed by atoms with Crippen LogP contribution in [0.4, 0.5) is 0 Å². The van der Waals surface area contributed by atoms with Gasteiger partial charge in [0.15, 0.2) is 17.3 Å². The lowest BCUT2D eigenvalue weighted by atomic mass is 9.95. The van der Waals surface area contributed by atoms with Crippen LogP contribution in [0.25, 0.3) is 11.4 Å². The summed E-state index contributed by atoms with van der Waals surface area (Å²) in [4.78, 5) is 27.6. The molecular weight excluding hydrogens is 432 g/mol. The van der Waals surface area contributed by atoms with Gasteiger partial charge in [-0.1, -0.05) is 49.6 Å². The number of nitrogens with zero attached hydrogens (tertiary/aromatic N) is 2. The molecule has 0 aliphatic heterocycles. The fourth-order valence-corrected chi connectivity index (χ4v) is 4.10. The average molecular weight is 463 g/mol. The number of amides is 1. The van der Waals surface area contributed by atoms with Crippen LogP contribution in [0.15, 0.2) is 53.3 Å². The molecule has 178 valence electrons. The number of hydrogen-bond donors (Lipinski definition) is 2. The van der Waals surface area contributed by atoms with E-state index >= 15 is 0 Å². The highest BCUT2D eigenvalue weighted by Gasteiger charge is 2.17. The first-order chi connectivity index (χ1) is 16.6. The van der Waals surface area contributed by atoms with Gasteiger partial charge in [-0.15, -0.1) is 10.2 Å². The van der Waals surface area contributed by atoms with Crippen molar-refractivity contribution in [2.75, 3.05) is 7.11 Å². The highest BCUT2D eigenvalue weighted by Crippen LogP contribution is 2.31. The second kappa shape index (κ2) is 11.4. The molecule has 1 amide bonds. The lowest BCUT2D eigenvalue weighted by molar-refractivity contribution is -0.122. The summed E-state index contributed by atoms with van der Waals surface area (Å²) in [6, 6.07) is 15.4. The molecule has 0 unspecified atom stereocenters. The predicted molar refractivity (Wildman–Crippen MR) is 129 cm³/mol. The molecule has 1 aliphatic carbocycles. The number of aryl methyl sites for hydroxylation is 1. The number of nitrogens with one attached hydrogen (secondary N) is 2. The lowest BCUT2D eigenvalue weighted by Crippen LogP contribution is -2.36. The van der Waals surface area contributed by atoms with Gasteiger partial charge in [0.25, 0.3) is 5.56 Å². The van der Waals surface area contributed by atoms with Crippen LogP contribution < -0.4 is 20.3 Å². The van der Waals surface area contributed by atoms with Crippen molar-refractivity contribution in [1.29, 1.82) is 0 Å². The zero-order valence-corrected chi connectivity index (χ0v) is 19.4. The summed E-state index contributed by atoms with van der Waals surface area (Å²) >= 11 is 0. The Labute approximate surface area is 198 Å². The minimum atomic E-state index is -0.348. The van der Waals surface area contributed by atoms with Gasteiger partial charge in [0.05, 0.1) is 7.11 Å². The number of hydrogen-bond acceptors (Lipinski definition) is 6. The van der Waals surface area contributed by atoms with E-state index in [1.54, 1.807) is 25.3 Å². The summed E-state index contributed by atoms with van der Waals surface area (Å²) in [7, 11) is 1.56. The molecule has 2 N–H and O–H groups in total. The minimum absolute atomic E-state index is 0.0481. The summed E-state index contributed by atoms with van der Waals surface area (Å²) in [5.41, 5.74) is 1.60. The third kappa shape index (κ3) is 6.21. The zero-order valence-electron chi connectivity index (χ0n) is 19.4. The third-order valence-electron chi connectivity index (χ3n) is 6.00. The van der Waals surface area contributed by atoms with Gasteiger partial charge in [-0.2, -0.15) is 0 Å². The zero-order chi connectivity index (χ0) is 23.8. The van der Waals surface area contributed by atoms with E-state index in [1.807, 2.05) is 30.3 Å². The van der Waals surface area contributed by atoms with Crippen molar-refractivity contribution in [2.24, 2.45) is 0 Å². The average Bonchev–Trinajstić information content (AvgIpc) is 2.88. The van der Waals surface area contributed by atoms with Crippen LogP contribution in [0.2, 0.25) is 0 Å². The second-order valence-electron chi connectivity index (χ2n) is 8.49. The van der Waals surface area contributed by atoms with Crippen LogP contribution >= 0.6 is 0 Å². The van der Waals surface area contributed by atoms with Crippen molar-refractivity contribution in [1.82, 2.24) is 20.5 Å². The van der Waals surface area contributed by atoms with E-state index in [9.17, 15) is 9.59 Å². The van der Waals surface area contributed by atoms with Crippen molar-refractivity contribution in [3.63, 3.8) is 0 Å². The Morgan fingerprint density at radius 3 is 2.59 bits per heavy atom. The lowest BCUT2D eigenvalue weighted by Gasteiger charge is -2.22. The Balaban J connectivity index is 1.38. The fourth-order valence-electron chi connectivity index (χ4n) is 4.10. The normalized spacial score (nSPS) is 13.9. The molecule has 1 aliphatic rings. The minimum Gasteiger partial charge on any atom is -0.493 e. The number of carbonyl (C=O) groups is 1. The largest absolute Gasteiger partial charge is 0.493 e. The molecule has 8 heteroatoms. The molecule has 34 heavy (non-hydrogen) atoms. The Morgan fingerprint density at radius 1 is 1.06 bits per heavy atom. The summed E-state index contributed by atoms with van der Waals surface area (Å²) in [6.45, 7) is 0.413. The maximum Gasteiger partial charge on any atom is 0.273 e. The van der Waals surface area contributed by atoms with Crippen molar-refractivity contribution < 1.29 is 14.3 Å². The van der Waals surface area contributed by atoms with Gasteiger partial charge >= 0.3 is 0 Å². The maximum atomic E-state index is 12.6. The topological polar surface area (TPSA) is 106 Å². The number of H-pyrrole nitrogens is 1. The van der Waals surface area contributed by atoms with Crippen molar-refractivity contribution in [2.45, 2.75) is 57.6 Å². The number of aromatic amines is 1. The standard InChI is InChI=1S/C26H30N4O4/c1-33-23-16-19(12-14-22(23)34-17-18-8-4-2-5-9-18)25-28-26(32)21(29-30-25)13-15-24(31)27-20-10-6-3-7-11-20/h2,4-5,8-9,12,14,16,20H,3,6-7,10-11,13,15,17H2,1H3,(H,27,31)(H,28,30,32). The molecule has 1 heterocycles. The molecule has 2 aromatic carbocycles. The molecule has 4 rings (SSSR count). The van der Waals surface area contributed by atoms with Crippen LogP contribution in [-0.4, -0.2) is 34.2 Å². The number of methoxy groups -OCH3 is 1. The second-order valence-corrected chi connectivity index (χ2v) is 8.49. The third-order valence-corrected chi connectivity index (χ3v) is 6.00. The van der Waals surface area contributed by atoms with Crippen molar-refractivity contribution >= 4 is 5.91 Å². The molecule has 0 saturated heterocycles. The van der Waals surface area contributed by atoms with Crippen LogP contribution in [-0.2, 0) is 17.8 Å². The van der Waals surface area contributed by atoms with E-state index in [1.165, 1.54) is 6.42 Å². The molecule has 1 aromatic heterocycles. The number of ether oxygens (including phenoxy) is 2. The molecule has 3 aromatic rings. The van der Waals surface area contributed by atoms with Crippen LogP contribution in [0.1, 0.15) is 49.8 Å². The first kappa shape index (κ1) is 23.5. The van der Waals surface area contributed by atoms with E-state index in [0.717, 1.165) is 31.2 Å². The van der Waals surface area contributed by atoms with Crippen LogP contribution in [0.5, 0.6) is 11.5 Å². The fraction of sp³-hybridized carbons (Fsp3) is 0.385. The molecule has 0 atom stereocenters. The highest BCUT2D eigenvalue weighted by molar-refractivity contribution is 5.76. The summed E-state index contributed by atoms with van der Waals surface area (Å²) < 4.78 is 11.4. The van der Waals surface area contributed by atoms with Crippen molar-refractivity contribution in [3.8, 4) is 22.9 Å². The number of aromatic nitrogens is 3. The van der Waals surface area contributed by atoms with Crippen molar-refractivity contribution in [3.05, 3.63) is 70.1 Å². The van der Waals surface area contributed by atoms with Crippen LogP contribution in [0, 0.1) is 0 Å². The molecule has 8 nitrogen and oxygen atoms in total. The first-order valence-electron chi connectivity index (χ1n) is 11.7. The van der Waals surface area contributed by atoms with Gasteiger partial charge in [0, 0.05) is 24.4 Å². The molecule has 1 fully saturated rings. The van der Waals surface area contributed by atoms with Gasteiger partial charge in [-0.05, 0) is 36.6 Å². The van der Waals surface area contributed by atoms with E-state index in [2.05, 4.69) is 20.5 Å². The predicted octanol–water partition coefficient (Wildman–Crippen LogP) is 3.80. The van der Waals surface area contributed by atoms with Gasteiger partial charge in [-0.3, -0.25) is 9.59 Å². The summed E-state index contributed by atoms with van der Waals surface area (Å²) in [5.74, 6) is 1.40. The molecule has 0 radical (unpaired) electrons. The Bertz CT molecular complexity index is 1160. The van der Waals surface area contributed by atoms with E-state index in [4.69, 9.17) is 9.47 Å². The van der Waals surface area contributed by atoms with Gasteiger partial charge < -0.3 is 19.8 Å². The quantitative estimate of drug-likeness (QED) is 0.501. The number of benzene rings is 2. The SMILES string of the molecule is COc1cc(-c2nnc(CCC(=O)NC3CCCCC3)c(=O)[nH]2)ccc1OCc1ccccc1. The number of rotatable bonds is 9. The highest BCUT2D eigenvalue weighted by atomic mass is 16.5. The molecule has 1 saturated carbocycles.